The van der Waals surface area contributed by atoms with E-state index in [0.717, 1.165) is 29.0 Å². The van der Waals surface area contributed by atoms with Crippen LogP contribution >= 0.6 is 0 Å². The highest BCUT2D eigenvalue weighted by molar-refractivity contribution is 7.89. The van der Waals surface area contributed by atoms with Crippen molar-refractivity contribution in [1.29, 1.82) is 0 Å². The molecule has 8 heteroatoms. The van der Waals surface area contributed by atoms with Crippen LogP contribution in [0.1, 0.15) is 26.7 Å². The van der Waals surface area contributed by atoms with Crippen molar-refractivity contribution in [2.45, 2.75) is 37.6 Å². The molecule has 168 valence electrons. The van der Waals surface area contributed by atoms with Crippen LogP contribution in [-0.4, -0.2) is 51.9 Å². The van der Waals surface area contributed by atoms with Crippen LogP contribution in [0.5, 0.6) is 0 Å². The second kappa shape index (κ2) is 9.70. The number of carbonyl (C=O) groups excluding carboxylic acids is 1. The Bertz CT molecular complexity index is 998. The van der Waals surface area contributed by atoms with Gasteiger partial charge in [0.2, 0.25) is 15.9 Å². The molecule has 2 aromatic rings. The van der Waals surface area contributed by atoms with Crippen molar-refractivity contribution in [2.75, 3.05) is 42.7 Å². The molecule has 0 aliphatic carbocycles. The molecule has 0 spiro atoms. The fourth-order valence-electron chi connectivity index (χ4n) is 3.55. The molecule has 0 radical (unpaired) electrons. The molecule has 1 amide bonds. The van der Waals surface area contributed by atoms with E-state index in [4.69, 9.17) is 0 Å². The van der Waals surface area contributed by atoms with E-state index in [1.54, 1.807) is 19.1 Å². The molecule has 2 aromatic carbocycles. The molecule has 1 heterocycles. The minimum absolute atomic E-state index is 0.138. The predicted octanol–water partition coefficient (Wildman–Crippen LogP) is 3.61. The average molecular weight is 445 g/mol. The van der Waals surface area contributed by atoms with Crippen LogP contribution in [0.25, 0.3) is 0 Å². The van der Waals surface area contributed by atoms with Gasteiger partial charge < -0.3 is 15.5 Å². The number of hydrogen-bond donors (Lipinski definition) is 2. The van der Waals surface area contributed by atoms with E-state index in [0.29, 0.717) is 5.69 Å². The minimum Gasteiger partial charge on any atom is -0.374 e. The van der Waals surface area contributed by atoms with E-state index in [1.165, 1.54) is 44.8 Å². The first-order valence-electron chi connectivity index (χ1n) is 10.6. The molecule has 0 bridgehead atoms. The van der Waals surface area contributed by atoms with Gasteiger partial charge >= 0.3 is 0 Å². The summed E-state index contributed by atoms with van der Waals surface area (Å²) in [5, 5.41) is 5.99. The molecule has 1 fully saturated rings. The lowest BCUT2D eigenvalue weighted by Crippen LogP contribution is -2.33. The number of rotatable bonds is 7. The SMILES string of the molecule is CC1CCN(c2ccc(N[C@@H](C)C(=O)Nc3cccc(S(=O)(=O)N(C)C)c3)cc2)CC1. The smallest absolute Gasteiger partial charge is 0.246 e. The van der Waals surface area contributed by atoms with Gasteiger partial charge in [-0.05, 0) is 68.1 Å². The van der Waals surface area contributed by atoms with Gasteiger partial charge in [0.15, 0.2) is 0 Å². The molecule has 0 unspecified atom stereocenters. The van der Waals surface area contributed by atoms with Gasteiger partial charge in [0.1, 0.15) is 6.04 Å². The van der Waals surface area contributed by atoms with E-state index < -0.39 is 16.1 Å². The summed E-state index contributed by atoms with van der Waals surface area (Å²) in [7, 11) is -0.606. The van der Waals surface area contributed by atoms with Gasteiger partial charge in [-0.1, -0.05) is 13.0 Å². The number of nitrogens with zero attached hydrogens (tertiary/aromatic N) is 2. The third kappa shape index (κ3) is 5.77. The largest absolute Gasteiger partial charge is 0.374 e. The maximum absolute atomic E-state index is 12.6. The summed E-state index contributed by atoms with van der Waals surface area (Å²) in [6.45, 7) is 6.23. The van der Waals surface area contributed by atoms with E-state index >= 15 is 0 Å². The molecular weight excluding hydrogens is 412 g/mol. The number of hydrogen-bond acceptors (Lipinski definition) is 5. The van der Waals surface area contributed by atoms with Crippen LogP contribution < -0.4 is 15.5 Å². The zero-order chi connectivity index (χ0) is 22.6. The molecule has 7 nitrogen and oxygen atoms in total. The van der Waals surface area contributed by atoms with Gasteiger partial charge in [-0.15, -0.1) is 0 Å². The standard InChI is InChI=1S/C23H32N4O3S/c1-17-12-14-27(15-13-17)21-10-8-19(9-11-21)24-18(2)23(28)25-20-6-5-7-22(16-20)31(29,30)26(3)4/h5-11,16-18,24H,12-15H2,1-4H3,(H,25,28)/t18-/m0/s1. The van der Waals surface area contributed by atoms with E-state index in [2.05, 4.69) is 34.6 Å². The highest BCUT2D eigenvalue weighted by Crippen LogP contribution is 2.24. The van der Waals surface area contributed by atoms with Gasteiger partial charge in [-0.3, -0.25) is 4.79 Å². The summed E-state index contributed by atoms with van der Waals surface area (Å²) in [5.74, 6) is 0.550. The maximum Gasteiger partial charge on any atom is 0.246 e. The zero-order valence-corrected chi connectivity index (χ0v) is 19.4. The monoisotopic (exact) mass is 444 g/mol. The number of carbonyl (C=O) groups is 1. The normalized spacial score (nSPS) is 16.2. The lowest BCUT2D eigenvalue weighted by atomic mass is 9.99. The summed E-state index contributed by atoms with van der Waals surface area (Å²) >= 11 is 0. The second-order valence-corrected chi connectivity index (χ2v) is 10.5. The molecule has 0 saturated carbocycles. The lowest BCUT2D eigenvalue weighted by molar-refractivity contribution is -0.116. The van der Waals surface area contributed by atoms with Crippen molar-refractivity contribution in [1.82, 2.24) is 4.31 Å². The predicted molar refractivity (Wildman–Crippen MR) is 126 cm³/mol. The molecule has 1 atom stereocenters. The van der Waals surface area contributed by atoms with Gasteiger partial charge in [-0.2, -0.15) is 0 Å². The van der Waals surface area contributed by atoms with Crippen molar-refractivity contribution in [2.24, 2.45) is 5.92 Å². The first-order chi connectivity index (χ1) is 14.7. The quantitative estimate of drug-likeness (QED) is 0.682. The summed E-state index contributed by atoms with van der Waals surface area (Å²) < 4.78 is 25.7. The molecule has 31 heavy (non-hydrogen) atoms. The van der Waals surface area contributed by atoms with E-state index in [-0.39, 0.29) is 10.8 Å². The topological polar surface area (TPSA) is 81.8 Å². The highest BCUT2D eigenvalue weighted by atomic mass is 32.2. The molecule has 0 aromatic heterocycles. The van der Waals surface area contributed by atoms with E-state index in [9.17, 15) is 13.2 Å². The van der Waals surface area contributed by atoms with Crippen molar-refractivity contribution in [3.8, 4) is 0 Å². The van der Waals surface area contributed by atoms with Crippen LogP contribution in [0.4, 0.5) is 17.1 Å². The number of amides is 1. The number of nitrogens with one attached hydrogen (secondary N) is 2. The number of anilines is 3. The number of sulfonamides is 1. The summed E-state index contributed by atoms with van der Waals surface area (Å²) in [4.78, 5) is 15.2. The minimum atomic E-state index is -3.56. The molecule has 1 saturated heterocycles. The maximum atomic E-state index is 12.6. The fraction of sp³-hybridized carbons (Fsp3) is 0.435. The van der Waals surface area contributed by atoms with Gasteiger partial charge in [-0.25, -0.2) is 12.7 Å². The first kappa shape index (κ1) is 23.1. The number of piperidine rings is 1. The van der Waals surface area contributed by atoms with Gasteiger partial charge in [0.25, 0.3) is 0 Å². The Morgan fingerprint density at radius 3 is 2.32 bits per heavy atom. The number of benzene rings is 2. The molecule has 2 N–H and O–H groups in total. The lowest BCUT2D eigenvalue weighted by Gasteiger charge is -2.32. The van der Waals surface area contributed by atoms with E-state index in [1.807, 2.05) is 12.1 Å². The zero-order valence-electron chi connectivity index (χ0n) is 18.6. The molecule has 1 aliphatic rings. The molecule has 3 rings (SSSR count). The van der Waals surface area contributed by atoms with Crippen LogP contribution in [0.15, 0.2) is 53.4 Å². The first-order valence-corrected chi connectivity index (χ1v) is 12.1. The summed E-state index contributed by atoms with van der Waals surface area (Å²) in [5.41, 5.74) is 2.51. The third-order valence-electron chi connectivity index (χ3n) is 5.67. The van der Waals surface area contributed by atoms with Crippen LogP contribution in [0.2, 0.25) is 0 Å². The van der Waals surface area contributed by atoms with Crippen LogP contribution in [-0.2, 0) is 14.8 Å². The Labute approximate surface area is 185 Å². The Balaban J connectivity index is 1.60. The highest BCUT2D eigenvalue weighted by Gasteiger charge is 2.19. The molecule has 1 aliphatic heterocycles. The van der Waals surface area contributed by atoms with Crippen molar-refractivity contribution in [3.63, 3.8) is 0 Å². The Morgan fingerprint density at radius 2 is 1.71 bits per heavy atom. The van der Waals surface area contributed by atoms with Gasteiger partial charge in [0.05, 0.1) is 4.90 Å². The fourth-order valence-corrected chi connectivity index (χ4v) is 4.49. The Hall–Kier alpha value is -2.58. The van der Waals surface area contributed by atoms with Gasteiger partial charge in [0, 0.05) is 44.2 Å². The summed E-state index contributed by atoms with van der Waals surface area (Å²) in [6, 6.07) is 13.9. The average Bonchev–Trinajstić information content (AvgIpc) is 2.75. The Morgan fingerprint density at radius 1 is 1.06 bits per heavy atom. The second-order valence-electron chi connectivity index (χ2n) is 8.39. The van der Waals surface area contributed by atoms with Crippen molar-refractivity contribution >= 4 is 33.0 Å². The third-order valence-corrected chi connectivity index (χ3v) is 7.48. The Kier molecular flexibility index (Phi) is 7.23. The van der Waals surface area contributed by atoms with Crippen molar-refractivity contribution < 1.29 is 13.2 Å². The van der Waals surface area contributed by atoms with Crippen LogP contribution in [0, 0.1) is 5.92 Å². The summed E-state index contributed by atoms with van der Waals surface area (Å²) in [6.07, 6.45) is 2.43. The van der Waals surface area contributed by atoms with Crippen molar-refractivity contribution in [3.05, 3.63) is 48.5 Å². The molecular formula is C23H32N4O3S. The van der Waals surface area contributed by atoms with Crippen LogP contribution in [0.3, 0.4) is 0 Å².